The molecule has 3 rings (SSSR count). The molecule has 0 aliphatic rings. The molecule has 0 aliphatic carbocycles. The Balaban J connectivity index is 2.01. The fourth-order valence-corrected chi connectivity index (χ4v) is 3.83. The van der Waals surface area contributed by atoms with Crippen molar-refractivity contribution >= 4 is 23.4 Å². The molecule has 26 heavy (non-hydrogen) atoms. The normalized spacial score (nSPS) is 11.6. The molecule has 4 heteroatoms. The SMILES string of the molecule is CCOC(=O)/C=C/c1ccc(C(O)(c2ccccc2)c2ccccc2)s1. The van der Waals surface area contributed by atoms with Gasteiger partial charge < -0.3 is 9.84 Å². The van der Waals surface area contributed by atoms with Gasteiger partial charge in [0.1, 0.15) is 5.60 Å². The average molecular weight is 364 g/mol. The van der Waals surface area contributed by atoms with Crippen LogP contribution in [-0.4, -0.2) is 17.7 Å². The van der Waals surface area contributed by atoms with E-state index in [1.54, 1.807) is 13.0 Å². The zero-order valence-corrected chi connectivity index (χ0v) is 15.3. The molecule has 132 valence electrons. The molecule has 1 aromatic heterocycles. The summed E-state index contributed by atoms with van der Waals surface area (Å²) < 4.78 is 4.91. The molecule has 0 radical (unpaired) electrons. The van der Waals surface area contributed by atoms with Gasteiger partial charge in [0.25, 0.3) is 0 Å². The van der Waals surface area contributed by atoms with Crippen LogP contribution in [-0.2, 0) is 15.1 Å². The van der Waals surface area contributed by atoms with Gasteiger partial charge in [0.15, 0.2) is 0 Å². The maximum atomic E-state index is 11.7. The van der Waals surface area contributed by atoms with Crippen LogP contribution in [0.2, 0.25) is 0 Å². The summed E-state index contributed by atoms with van der Waals surface area (Å²) in [6, 6.07) is 23.0. The summed E-state index contributed by atoms with van der Waals surface area (Å²) >= 11 is 1.44. The van der Waals surface area contributed by atoms with Crippen LogP contribution in [0.5, 0.6) is 0 Å². The Bertz CT molecular complexity index is 843. The first kappa shape index (κ1) is 18.1. The van der Waals surface area contributed by atoms with Crippen LogP contribution in [0.3, 0.4) is 0 Å². The smallest absolute Gasteiger partial charge is 0.330 e. The quantitative estimate of drug-likeness (QED) is 0.513. The van der Waals surface area contributed by atoms with Gasteiger partial charge in [0.05, 0.1) is 6.61 Å². The third kappa shape index (κ3) is 3.77. The van der Waals surface area contributed by atoms with Crippen LogP contribution in [0.4, 0.5) is 0 Å². The predicted molar refractivity (Wildman–Crippen MR) is 105 cm³/mol. The van der Waals surface area contributed by atoms with E-state index in [1.165, 1.54) is 17.4 Å². The van der Waals surface area contributed by atoms with Gasteiger partial charge in [-0.05, 0) is 36.3 Å². The van der Waals surface area contributed by atoms with E-state index in [0.29, 0.717) is 6.61 Å². The highest BCUT2D eigenvalue weighted by Gasteiger charge is 2.34. The number of aliphatic hydroxyl groups is 1. The first-order chi connectivity index (χ1) is 12.6. The van der Waals surface area contributed by atoms with E-state index in [9.17, 15) is 9.90 Å². The van der Waals surface area contributed by atoms with E-state index in [2.05, 4.69) is 0 Å². The van der Waals surface area contributed by atoms with Crippen molar-refractivity contribution in [3.63, 3.8) is 0 Å². The van der Waals surface area contributed by atoms with Crippen molar-refractivity contribution in [1.82, 2.24) is 0 Å². The maximum absolute atomic E-state index is 11.7. The summed E-state index contributed by atoms with van der Waals surface area (Å²) in [5.74, 6) is -0.371. The highest BCUT2D eigenvalue weighted by atomic mass is 32.1. The second-order valence-electron chi connectivity index (χ2n) is 5.73. The zero-order valence-electron chi connectivity index (χ0n) is 14.5. The number of esters is 1. The van der Waals surface area contributed by atoms with Crippen LogP contribution in [0.15, 0.2) is 78.9 Å². The van der Waals surface area contributed by atoms with E-state index in [4.69, 9.17) is 4.74 Å². The summed E-state index contributed by atoms with van der Waals surface area (Å²) in [6.45, 7) is 2.12. The Morgan fingerprint density at radius 2 is 1.58 bits per heavy atom. The number of benzene rings is 2. The highest BCUT2D eigenvalue weighted by molar-refractivity contribution is 7.13. The summed E-state index contributed by atoms with van der Waals surface area (Å²) in [4.78, 5) is 13.2. The minimum absolute atomic E-state index is 0.348. The predicted octanol–water partition coefficient (Wildman–Crippen LogP) is 4.61. The highest BCUT2D eigenvalue weighted by Crippen LogP contribution is 2.40. The number of hydrogen-bond acceptors (Lipinski definition) is 4. The molecule has 0 amide bonds. The molecule has 3 aromatic rings. The molecule has 1 heterocycles. The lowest BCUT2D eigenvalue weighted by molar-refractivity contribution is -0.137. The van der Waals surface area contributed by atoms with Crippen molar-refractivity contribution in [2.75, 3.05) is 6.61 Å². The number of carbonyl (C=O) groups is 1. The van der Waals surface area contributed by atoms with Crippen LogP contribution < -0.4 is 0 Å². The Hall–Kier alpha value is -2.69. The van der Waals surface area contributed by atoms with E-state index in [0.717, 1.165) is 20.9 Å². The van der Waals surface area contributed by atoms with Gasteiger partial charge in [-0.1, -0.05) is 60.7 Å². The van der Waals surface area contributed by atoms with Crippen molar-refractivity contribution in [3.8, 4) is 0 Å². The lowest BCUT2D eigenvalue weighted by Gasteiger charge is -2.28. The molecule has 1 N–H and O–H groups in total. The molecule has 0 aliphatic heterocycles. The van der Waals surface area contributed by atoms with Crippen molar-refractivity contribution < 1.29 is 14.6 Å². The number of hydrogen-bond donors (Lipinski definition) is 1. The second-order valence-corrected chi connectivity index (χ2v) is 6.85. The van der Waals surface area contributed by atoms with Crippen molar-refractivity contribution in [3.05, 3.63) is 99.8 Å². The molecule has 0 unspecified atom stereocenters. The topological polar surface area (TPSA) is 46.5 Å². The molecular formula is C22H20O3S. The molecule has 0 fully saturated rings. The lowest BCUT2D eigenvalue weighted by Crippen LogP contribution is -2.27. The van der Waals surface area contributed by atoms with Crippen LogP contribution in [0.1, 0.15) is 27.8 Å². The van der Waals surface area contributed by atoms with Gasteiger partial charge in [-0.3, -0.25) is 0 Å². The van der Waals surface area contributed by atoms with Crippen LogP contribution >= 0.6 is 11.3 Å². The summed E-state index contributed by atoms with van der Waals surface area (Å²) in [5, 5.41) is 11.7. The first-order valence-corrected chi connectivity index (χ1v) is 9.25. The fraction of sp³-hybridized carbons (Fsp3) is 0.136. The fourth-order valence-electron chi connectivity index (χ4n) is 2.79. The number of thiophene rings is 1. The van der Waals surface area contributed by atoms with E-state index < -0.39 is 5.60 Å². The number of carbonyl (C=O) groups excluding carboxylic acids is 1. The molecule has 0 atom stereocenters. The van der Waals surface area contributed by atoms with Gasteiger partial charge in [0, 0.05) is 15.8 Å². The molecule has 0 bridgehead atoms. The first-order valence-electron chi connectivity index (χ1n) is 8.43. The van der Waals surface area contributed by atoms with Gasteiger partial charge in [-0.15, -0.1) is 11.3 Å². The maximum Gasteiger partial charge on any atom is 0.330 e. The largest absolute Gasteiger partial charge is 0.463 e. The lowest BCUT2D eigenvalue weighted by atomic mass is 9.85. The zero-order chi connectivity index (χ0) is 18.4. The molecule has 0 saturated heterocycles. The van der Waals surface area contributed by atoms with Gasteiger partial charge in [0.2, 0.25) is 0 Å². The minimum Gasteiger partial charge on any atom is -0.463 e. The van der Waals surface area contributed by atoms with Crippen molar-refractivity contribution in [2.45, 2.75) is 12.5 Å². The van der Waals surface area contributed by atoms with Gasteiger partial charge in [-0.2, -0.15) is 0 Å². The standard InChI is InChI=1S/C22H20O3S/c1-2-25-21(23)16-14-19-13-15-20(26-19)22(24,17-9-5-3-6-10-17)18-11-7-4-8-12-18/h3-16,24H,2H2,1H3/b16-14+. The Morgan fingerprint density at radius 1 is 1.00 bits per heavy atom. The minimum atomic E-state index is -1.25. The van der Waals surface area contributed by atoms with E-state index in [1.807, 2.05) is 72.8 Å². The van der Waals surface area contributed by atoms with Gasteiger partial charge >= 0.3 is 5.97 Å². The Labute approximate surface area is 157 Å². The summed E-state index contributed by atoms with van der Waals surface area (Å²) in [5.41, 5.74) is 0.353. The van der Waals surface area contributed by atoms with Crippen molar-refractivity contribution in [1.29, 1.82) is 0 Å². The molecule has 3 nitrogen and oxygen atoms in total. The Kier molecular flexibility index (Phi) is 5.66. The van der Waals surface area contributed by atoms with Crippen LogP contribution in [0, 0.1) is 0 Å². The average Bonchev–Trinajstić information content (AvgIpc) is 3.17. The molecule has 0 spiro atoms. The summed E-state index contributed by atoms with van der Waals surface area (Å²) in [7, 11) is 0. The Morgan fingerprint density at radius 3 is 2.12 bits per heavy atom. The number of ether oxygens (including phenoxy) is 1. The monoisotopic (exact) mass is 364 g/mol. The van der Waals surface area contributed by atoms with Crippen molar-refractivity contribution in [2.24, 2.45) is 0 Å². The van der Waals surface area contributed by atoms with E-state index >= 15 is 0 Å². The second kappa shape index (κ2) is 8.13. The molecule has 0 saturated carbocycles. The third-order valence-corrected chi connectivity index (χ3v) is 5.20. The van der Waals surface area contributed by atoms with Gasteiger partial charge in [-0.25, -0.2) is 4.79 Å². The van der Waals surface area contributed by atoms with E-state index in [-0.39, 0.29) is 5.97 Å². The molecule has 2 aromatic carbocycles. The molecular weight excluding hydrogens is 344 g/mol. The third-order valence-electron chi connectivity index (χ3n) is 4.04. The van der Waals surface area contributed by atoms with Crippen LogP contribution in [0.25, 0.3) is 6.08 Å². The number of rotatable bonds is 6. The summed E-state index contributed by atoms with van der Waals surface area (Å²) in [6.07, 6.45) is 3.12.